The predicted molar refractivity (Wildman–Crippen MR) is 138 cm³/mol. The Labute approximate surface area is 223 Å². The second-order valence-corrected chi connectivity index (χ2v) is 13.1. The van der Waals surface area contributed by atoms with Gasteiger partial charge in [0.25, 0.3) is 0 Å². The Balaban J connectivity index is 1.33. The molecular formula is C31H37NO6. The Bertz CT molecular complexity index is 1210. The van der Waals surface area contributed by atoms with Crippen LogP contribution in [0.15, 0.2) is 42.5 Å². The monoisotopic (exact) mass is 519 g/mol. The fourth-order valence-electron chi connectivity index (χ4n) is 10.8. The van der Waals surface area contributed by atoms with Crippen LogP contribution in [0, 0.1) is 34.5 Å². The Hall–Kier alpha value is -2.67. The van der Waals surface area contributed by atoms with Crippen LogP contribution in [-0.2, 0) is 23.8 Å². The average Bonchev–Trinajstić information content (AvgIpc) is 3.19. The maximum atomic E-state index is 13.2. The van der Waals surface area contributed by atoms with Crippen LogP contribution in [0.3, 0.4) is 0 Å². The highest BCUT2D eigenvalue weighted by Crippen LogP contribution is 2.77. The highest BCUT2D eigenvalue weighted by Gasteiger charge is 2.80. The zero-order valence-electron chi connectivity index (χ0n) is 22.4. The fraction of sp³-hybridized carbons (Fsp3) is 0.645. The number of fused-ring (bicyclic) bond motifs is 2. The lowest BCUT2D eigenvalue weighted by molar-refractivity contribution is -0.208. The average molecular weight is 520 g/mol. The first-order chi connectivity index (χ1) is 18.1. The van der Waals surface area contributed by atoms with Crippen LogP contribution >= 0.6 is 0 Å². The van der Waals surface area contributed by atoms with Crippen molar-refractivity contribution >= 4 is 17.9 Å². The summed E-state index contributed by atoms with van der Waals surface area (Å²) < 4.78 is 18.5. The summed E-state index contributed by atoms with van der Waals surface area (Å²) in [5.74, 6) is -0.384. The Morgan fingerprint density at radius 1 is 1.00 bits per heavy atom. The molecule has 1 spiro atoms. The Morgan fingerprint density at radius 3 is 2.45 bits per heavy atom. The van der Waals surface area contributed by atoms with E-state index in [0.29, 0.717) is 23.6 Å². The maximum Gasteiger partial charge on any atom is 0.338 e. The van der Waals surface area contributed by atoms with Gasteiger partial charge in [-0.25, -0.2) is 4.79 Å². The predicted octanol–water partition coefficient (Wildman–Crippen LogP) is 4.16. The molecule has 2 heterocycles. The molecule has 1 aromatic carbocycles. The first kappa shape index (κ1) is 24.4. The minimum atomic E-state index is -0.370. The van der Waals surface area contributed by atoms with Crippen molar-refractivity contribution < 1.29 is 28.6 Å². The molecule has 0 amide bonds. The number of hydrogen-bond donors (Lipinski definition) is 0. The SMILES string of the molecule is C=C1[C@H]2CC[C@H]3N4C[C@]5(C)C[C@H](OC(=O)c6ccccc6)C[C@]36[C@@H]([C@@H](C[C@H]4[C@H]56)[C@@H]1OC(C)=O)[C@H]2OC(C)=O. The molecule has 7 rings (SSSR count). The molecular weight excluding hydrogens is 482 g/mol. The number of esters is 3. The molecule has 6 fully saturated rings. The molecule has 1 unspecified atom stereocenters. The third-order valence-corrected chi connectivity index (χ3v) is 11.2. The van der Waals surface area contributed by atoms with E-state index in [-0.39, 0.29) is 64.8 Å². The van der Waals surface area contributed by atoms with Crippen molar-refractivity contribution in [2.45, 2.75) is 83.3 Å². The standard InChI is InChI=1S/C31H37NO6/c1-16-21-10-11-24-31-14-20(38-29(35)19-8-6-5-7-9-19)13-30(4)15-32(24)23(28(30)31)12-22(26(16)36-17(2)33)25(31)27(21)37-18(3)34/h5-9,20-28H,1,10-15H2,2-4H3/t20-,21+,22+,23-,24+,25-,26+,27-,28+,30-,31+/m0/s1. The smallest absolute Gasteiger partial charge is 0.338 e. The van der Waals surface area contributed by atoms with Crippen LogP contribution in [0.5, 0.6) is 0 Å². The van der Waals surface area contributed by atoms with Crippen LogP contribution in [0.25, 0.3) is 0 Å². The van der Waals surface area contributed by atoms with Crippen molar-refractivity contribution in [3.05, 3.63) is 48.0 Å². The van der Waals surface area contributed by atoms with Gasteiger partial charge in [0, 0.05) is 55.6 Å². The molecule has 4 saturated carbocycles. The van der Waals surface area contributed by atoms with Gasteiger partial charge in [-0.1, -0.05) is 31.7 Å². The van der Waals surface area contributed by atoms with Gasteiger partial charge in [0.2, 0.25) is 0 Å². The lowest BCUT2D eigenvalue weighted by Gasteiger charge is -2.64. The quantitative estimate of drug-likeness (QED) is 0.336. The van der Waals surface area contributed by atoms with E-state index in [1.54, 1.807) is 12.1 Å². The van der Waals surface area contributed by atoms with Crippen molar-refractivity contribution in [1.29, 1.82) is 0 Å². The third kappa shape index (κ3) is 3.14. The van der Waals surface area contributed by atoms with E-state index in [1.165, 1.54) is 13.8 Å². The van der Waals surface area contributed by atoms with E-state index < -0.39 is 0 Å². The highest BCUT2D eigenvalue weighted by molar-refractivity contribution is 5.89. The number of ether oxygens (including phenoxy) is 3. The number of benzene rings is 1. The van der Waals surface area contributed by atoms with Gasteiger partial charge in [0.15, 0.2) is 0 Å². The van der Waals surface area contributed by atoms with Gasteiger partial charge in [-0.3, -0.25) is 14.5 Å². The number of hydrogen-bond acceptors (Lipinski definition) is 7. The van der Waals surface area contributed by atoms with Gasteiger partial charge >= 0.3 is 17.9 Å². The fourth-order valence-corrected chi connectivity index (χ4v) is 10.8. The minimum absolute atomic E-state index is 0.0119. The van der Waals surface area contributed by atoms with E-state index in [2.05, 4.69) is 18.4 Å². The second kappa shape index (κ2) is 8.17. The van der Waals surface area contributed by atoms with Crippen LogP contribution in [-0.4, -0.2) is 59.7 Å². The number of carbonyl (C=O) groups is 3. The molecule has 2 saturated heterocycles. The van der Waals surface area contributed by atoms with Crippen molar-refractivity contribution in [3.8, 4) is 0 Å². The number of rotatable bonds is 4. The molecule has 2 aliphatic heterocycles. The van der Waals surface area contributed by atoms with Gasteiger partial charge in [-0.15, -0.1) is 0 Å². The summed E-state index contributed by atoms with van der Waals surface area (Å²) in [6.45, 7) is 10.8. The zero-order valence-corrected chi connectivity index (χ0v) is 22.4. The number of piperidine rings is 1. The topological polar surface area (TPSA) is 82.1 Å². The van der Waals surface area contributed by atoms with Crippen molar-refractivity contribution in [2.24, 2.45) is 34.5 Å². The summed E-state index contributed by atoms with van der Waals surface area (Å²) >= 11 is 0. The molecule has 7 nitrogen and oxygen atoms in total. The highest BCUT2D eigenvalue weighted by atomic mass is 16.6. The Kier molecular flexibility index (Phi) is 5.24. The van der Waals surface area contributed by atoms with E-state index in [9.17, 15) is 14.4 Å². The maximum absolute atomic E-state index is 13.2. The summed E-state index contributed by atoms with van der Waals surface area (Å²) in [7, 11) is 0. The second-order valence-electron chi connectivity index (χ2n) is 13.1. The van der Waals surface area contributed by atoms with Crippen molar-refractivity contribution in [2.75, 3.05) is 6.54 Å². The van der Waals surface area contributed by atoms with Crippen LogP contribution < -0.4 is 0 Å². The van der Waals surface area contributed by atoms with Crippen molar-refractivity contribution in [1.82, 2.24) is 4.90 Å². The molecule has 6 bridgehead atoms. The number of carbonyl (C=O) groups excluding carboxylic acids is 3. The molecule has 6 aliphatic rings. The summed E-state index contributed by atoms with van der Waals surface area (Å²) in [5.41, 5.74) is 1.31. The molecule has 4 aliphatic carbocycles. The molecule has 0 radical (unpaired) electrons. The summed E-state index contributed by atoms with van der Waals surface area (Å²) in [4.78, 5) is 40.7. The first-order valence-corrected chi connectivity index (χ1v) is 14.2. The van der Waals surface area contributed by atoms with E-state index in [4.69, 9.17) is 14.2 Å². The van der Waals surface area contributed by atoms with Crippen LogP contribution in [0.4, 0.5) is 0 Å². The van der Waals surface area contributed by atoms with E-state index >= 15 is 0 Å². The van der Waals surface area contributed by atoms with E-state index in [0.717, 1.165) is 44.2 Å². The summed E-state index contributed by atoms with van der Waals surface area (Å²) in [5, 5.41) is 0. The van der Waals surface area contributed by atoms with Gasteiger partial charge in [0.05, 0.1) is 5.56 Å². The third-order valence-electron chi connectivity index (χ3n) is 11.2. The number of nitrogens with zero attached hydrogens (tertiary/aromatic N) is 1. The lowest BCUT2D eigenvalue weighted by Crippen LogP contribution is -2.67. The van der Waals surface area contributed by atoms with Gasteiger partial charge in [-0.05, 0) is 61.1 Å². The largest absolute Gasteiger partial charge is 0.462 e. The van der Waals surface area contributed by atoms with E-state index in [1.807, 2.05) is 18.2 Å². The summed E-state index contributed by atoms with van der Waals surface area (Å²) in [6.07, 6.45) is 3.48. The molecule has 38 heavy (non-hydrogen) atoms. The Morgan fingerprint density at radius 2 is 1.74 bits per heavy atom. The molecule has 0 aromatic heterocycles. The molecule has 12 atom stereocenters. The molecule has 1 aromatic rings. The molecule has 0 N–H and O–H groups in total. The first-order valence-electron chi connectivity index (χ1n) is 14.2. The zero-order chi connectivity index (χ0) is 26.6. The van der Waals surface area contributed by atoms with Gasteiger partial charge in [-0.2, -0.15) is 0 Å². The van der Waals surface area contributed by atoms with Crippen molar-refractivity contribution in [3.63, 3.8) is 0 Å². The molecule has 7 heteroatoms. The minimum Gasteiger partial charge on any atom is -0.462 e. The van der Waals surface area contributed by atoms with Gasteiger partial charge < -0.3 is 14.2 Å². The lowest BCUT2D eigenvalue weighted by atomic mass is 9.41. The van der Waals surface area contributed by atoms with Crippen LogP contribution in [0.2, 0.25) is 0 Å². The van der Waals surface area contributed by atoms with Gasteiger partial charge in [0.1, 0.15) is 18.3 Å². The summed E-state index contributed by atoms with van der Waals surface area (Å²) in [6, 6.07) is 9.95. The normalized spacial score (nSPS) is 47.3. The molecule has 202 valence electrons. The van der Waals surface area contributed by atoms with Crippen LogP contribution in [0.1, 0.15) is 63.2 Å².